The van der Waals surface area contributed by atoms with Gasteiger partial charge in [-0.15, -0.1) is 0 Å². The van der Waals surface area contributed by atoms with Crippen molar-refractivity contribution in [1.29, 1.82) is 0 Å². The molecule has 2 rings (SSSR count). The molecule has 0 saturated heterocycles. The molecule has 106 valence electrons. The Morgan fingerprint density at radius 1 is 1.00 bits per heavy atom. The van der Waals surface area contributed by atoms with Gasteiger partial charge < -0.3 is 4.74 Å². The minimum absolute atomic E-state index is 0.698. The predicted octanol–water partition coefficient (Wildman–Crippen LogP) is 4.27. The number of rotatable bonds is 6. The number of likely N-dealkylation sites (N-methyl/N-ethyl adjacent to an activating group) is 1. The van der Waals surface area contributed by atoms with Crippen LogP contribution in [-0.2, 0) is 6.54 Å². The molecular formula is C17H20BrNO. The summed E-state index contributed by atoms with van der Waals surface area (Å²) in [5, 5.41) is 0. The van der Waals surface area contributed by atoms with Crippen molar-refractivity contribution >= 4 is 15.9 Å². The smallest absolute Gasteiger partial charge is 0.119 e. The predicted molar refractivity (Wildman–Crippen MR) is 87.2 cm³/mol. The lowest BCUT2D eigenvalue weighted by molar-refractivity contribution is 0.233. The first-order valence-corrected chi connectivity index (χ1v) is 7.55. The van der Waals surface area contributed by atoms with Crippen molar-refractivity contribution in [3.05, 3.63) is 64.1 Å². The first-order valence-electron chi connectivity index (χ1n) is 6.76. The number of halogens is 1. The largest absolute Gasteiger partial charge is 0.492 e. The summed E-state index contributed by atoms with van der Waals surface area (Å²) in [5.41, 5.74) is 2.64. The van der Waals surface area contributed by atoms with Crippen LogP contribution < -0.4 is 4.74 Å². The second-order valence-electron chi connectivity index (χ2n) is 5.03. The highest BCUT2D eigenvalue weighted by atomic mass is 79.9. The summed E-state index contributed by atoms with van der Waals surface area (Å²) < 4.78 is 6.80. The molecule has 0 aromatic heterocycles. The molecule has 2 nitrogen and oxygen atoms in total. The van der Waals surface area contributed by atoms with E-state index in [1.165, 1.54) is 11.1 Å². The molecule has 0 aliphatic heterocycles. The zero-order valence-corrected chi connectivity index (χ0v) is 13.6. The van der Waals surface area contributed by atoms with E-state index >= 15 is 0 Å². The van der Waals surface area contributed by atoms with Gasteiger partial charge in [-0.3, -0.25) is 4.90 Å². The van der Waals surface area contributed by atoms with E-state index in [0.29, 0.717) is 6.61 Å². The SMILES string of the molecule is Cc1ccc(CN(C)CCOc2ccc(Br)cc2)cc1. The van der Waals surface area contributed by atoms with Crippen molar-refractivity contribution < 1.29 is 4.74 Å². The van der Waals surface area contributed by atoms with Crippen LogP contribution in [0.4, 0.5) is 0 Å². The summed E-state index contributed by atoms with van der Waals surface area (Å²) in [6, 6.07) is 16.6. The Morgan fingerprint density at radius 3 is 2.30 bits per heavy atom. The maximum Gasteiger partial charge on any atom is 0.119 e. The van der Waals surface area contributed by atoms with Gasteiger partial charge in [0.1, 0.15) is 12.4 Å². The van der Waals surface area contributed by atoms with Crippen LogP contribution in [0.5, 0.6) is 5.75 Å². The van der Waals surface area contributed by atoms with Gasteiger partial charge >= 0.3 is 0 Å². The molecule has 0 aliphatic rings. The zero-order chi connectivity index (χ0) is 14.4. The average molecular weight is 334 g/mol. The standard InChI is InChI=1S/C17H20BrNO/c1-14-3-5-15(6-4-14)13-19(2)11-12-20-17-9-7-16(18)8-10-17/h3-10H,11-13H2,1-2H3. The highest BCUT2D eigenvalue weighted by Gasteiger charge is 2.01. The van der Waals surface area contributed by atoms with Crippen LogP contribution >= 0.6 is 15.9 Å². The molecule has 3 heteroatoms. The molecule has 0 fully saturated rings. The number of hydrogen-bond donors (Lipinski definition) is 0. The van der Waals surface area contributed by atoms with E-state index in [1.54, 1.807) is 0 Å². The normalized spacial score (nSPS) is 10.8. The molecule has 0 radical (unpaired) electrons. The molecule has 0 saturated carbocycles. The van der Waals surface area contributed by atoms with Crippen molar-refractivity contribution in [2.24, 2.45) is 0 Å². The molecule has 0 aliphatic carbocycles. The Bertz CT molecular complexity index is 522. The molecule has 2 aromatic rings. The van der Waals surface area contributed by atoms with Crippen molar-refractivity contribution in [3.8, 4) is 5.75 Å². The number of hydrogen-bond acceptors (Lipinski definition) is 2. The van der Waals surface area contributed by atoms with Gasteiger partial charge in [0.2, 0.25) is 0 Å². The summed E-state index contributed by atoms with van der Waals surface area (Å²) >= 11 is 3.42. The molecule has 20 heavy (non-hydrogen) atoms. The Balaban J connectivity index is 1.73. The number of nitrogens with zero attached hydrogens (tertiary/aromatic N) is 1. The van der Waals surface area contributed by atoms with Crippen LogP contribution in [0.25, 0.3) is 0 Å². The maximum absolute atomic E-state index is 5.73. The minimum atomic E-state index is 0.698. The number of benzene rings is 2. The van der Waals surface area contributed by atoms with Crippen LogP contribution in [0.2, 0.25) is 0 Å². The molecule has 0 N–H and O–H groups in total. The van der Waals surface area contributed by atoms with Crippen LogP contribution in [0.15, 0.2) is 53.0 Å². The third-order valence-corrected chi connectivity index (χ3v) is 3.66. The van der Waals surface area contributed by atoms with E-state index in [0.717, 1.165) is 23.3 Å². The molecule has 0 amide bonds. The summed E-state index contributed by atoms with van der Waals surface area (Å²) in [6.45, 7) is 4.66. The molecule has 0 heterocycles. The van der Waals surface area contributed by atoms with Crippen molar-refractivity contribution in [2.75, 3.05) is 20.2 Å². The molecule has 0 atom stereocenters. The van der Waals surface area contributed by atoms with E-state index in [9.17, 15) is 0 Å². The van der Waals surface area contributed by atoms with Gasteiger partial charge in [0, 0.05) is 17.6 Å². The lowest BCUT2D eigenvalue weighted by Crippen LogP contribution is -2.23. The second kappa shape index (κ2) is 7.46. The Labute approximate surface area is 129 Å². The highest BCUT2D eigenvalue weighted by molar-refractivity contribution is 9.10. The van der Waals surface area contributed by atoms with Crippen molar-refractivity contribution in [2.45, 2.75) is 13.5 Å². The second-order valence-corrected chi connectivity index (χ2v) is 5.94. The Morgan fingerprint density at radius 2 is 1.65 bits per heavy atom. The fraction of sp³-hybridized carbons (Fsp3) is 0.294. The monoisotopic (exact) mass is 333 g/mol. The van der Waals surface area contributed by atoms with Crippen molar-refractivity contribution in [1.82, 2.24) is 4.90 Å². The Hall–Kier alpha value is -1.32. The lowest BCUT2D eigenvalue weighted by atomic mass is 10.1. The lowest BCUT2D eigenvalue weighted by Gasteiger charge is -2.17. The van der Waals surface area contributed by atoms with E-state index in [4.69, 9.17) is 4.74 Å². The van der Waals surface area contributed by atoms with Crippen LogP contribution in [0.1, 0.15) is 11.1 Å². The van der Waals surface area contributed by atoms with Gasteiger partial charge in [0.25, 0.3) is 0 Å². The summed E-state index contributed by atoms with van der Waals surface area (Å²) in [6.07, 6.45) is 0. The first-order chi connectivity index (χ1) is 9.63. The topological polar surface area (TPSA) is 12.5 Å². The van der Waals surface area contributed by atoms with E-state index < -0.39 is 0 Å². The summed E-state index contributed by atoms with van der Waals surface area (Å²) in [7, 11) is 2.12. The van der Waals surface area contributed by atoms with Gasteiger partial charge in [0.05, 0.1) is 0 Å². The van der Waals surface area contributed by atoms with E-state index in [1.807, 2.05) is 24.3 Å². The molecule has 2 aromatic carbocycles. The Kier molecular flexibility index (Phi) is 5.62. The quantitative estimate of drug-likeness (QED) is 0.782. The summed E-state index contributed by atoms with van der Waals surface area (Å²) in [4.78, 5) is 2.27. The van der Waals surface area contributed by atoms with Gasteiger partial charge in [-0.2, -0.15) is 0 Å². The zero-order valence-electron chi connectivity index (χ0n) is 12.0. The fourth-order valence-corrected chi connectivity index (χ4v) is 2.20. The highest BCUT2D eigenvalue weighted by Crippen LogP contribution is 2.16. The molecule has 0 unspecified atom stereocenters. The molecular weight excluding hydrogens is 314 g/mol. The molecule has 0 bridgehead atoms. The number of aryl methyl sites for hydroxylation is 1. The number of ether oxygens (including phenoxy) is 1. The third-order valence-electron chi connectivity index (χ3n) is 3.13. The van der Waals surface area contributed by atoms with Gasteiger partial charge in [-0.25, -0.2) is 0 Å². The van der Waals surface area contributed by atoms with Crippen LogP contribution in [0.3, 0.4) is 0 Å². The average Bonchev–Trinajstić information content (AvgIpc) is 2.44. The van der Waals surface area contributed by atoms with E-state index in [2.05, 4.69) is 59.1 Å². The summed E-state index contributed by atoms with van der Waals surface area (Å²) in [5.74, 6) is 0.914. The molecule has 0 spiro atoms. The van der Waals surface area contributed by atoms with Gasteiger partial charge in [-0.1, -0.05) is 45.8 Å². The van der Waals surface area contributed by atoms with E-state index in [-0.39, 0.29) is 0 Å². The first kappa shape index (κ1) is 15.1. The van der Waals surface area contributed by atoms with Gasteiger partial charge in [0.15, 0.2) is 0 Å². The van der Waals surface area contributed by atoms with Crippen LogP contribution in [-0.4, -0.2) is 25.1 Å². The van der Waals surface area contributed by atoms with Crippen molar-refractivity contribution in [3.63, 3.8) is 0 Å². The van der Waals surface area contributed by atoms with Crippen LogP contribution in [0, 0.1) is 6.92 Å². The maximum atomic E-state index is 5.73. The fourth-order valence-electron chi connectivity index (χ4n) is 1.93. The third kappa shape index (κ3) is 4.99. The van der Waals surface area contributed by atoms with Gasteiger partial charge in [-0.05, 0) is 43.8 Å². The minimum Gasteiger partial charge on any atom is -0.492 e.